The Kier molecular flexibility index (Phi) is 6.47. The Morgan fingerprint density at radius 1 is 1.32 bits per heavy atom. The molecule has 0 saturated carbocycles. The lowest BCUT2D eigenvalue weighted by Gasteiger charge is -2.22. The minimum absolute atomic E-state index is 0.380. The van der Waals surface area contributed by atoms with E-state index in [2.05, 4.69) is 5.32 Å². The number of carbonyl (C=O) groups is 3. The first-order chi connectivity index (χ1) is 8.56. The first-order valence-electron chi connectivity index (χ1n) is 6.07. The van der Waals surface area contributed by atoms with Gasteiger partial charge in [0.05, 0.1) is 12.5 Å². The van der Waals surface area contributed by atoms with Gasteiger partial charge < -0.3 is 20.9 Å². The molecule has 0 aliphatic carbocycles. The SMILES string of the molecule is CC[C@@H](N)C(=O)N[C@@H](CC(=O)OC(C)(C)C)C(=O)O. The number of nitrogens with one attached hydrogen (secondary N) is 1. The summed E-state index contributed by atoms with van der Waals surface area (Å²) in [5.41, 5.74) is 4.77. The van der Waals surface area contributed by atoms with E-state index in [1.165, 1.54) is 0 Å². The monoisotopic (exact) mass is 274 g/mol. The largest absolute Gasteiger partial charge is 0.480 e. The van der Waals surface area contributed by atoms with Crippen molar-refractivity contribution in [2.45, 2.75) is 58.2 Å². The number of carboxylic acids is 1. The average Bonchev–Trinajstić information content (AvgIpc) is 2.24. The van der Waals surface area contributed by atoms with E-state index in [0.29, 0.717) is 6.42 Å². The summed E-state index contributed by atoms with van der Waals surface area (Å²) in [6.07, 6.45) is -0.0562. The van der Waals surface area contributed by atoms with E-state index in [1.807, 2.05) is 0 Å². The third kappa shape index (κ3) is 7.40. The van der Waals surface area contributed by atoms with Crippen LogP contribution in [0.4, 0.5) is 0 Å². The summed E-state index contributed by atoms with van der Waals surface area (Å²) >= 11 is 0. The third-order valence-corrected chi connectivity index (χ3v) is 2.18. The molecule has 0 aromatic heterocycles. The number of hydrogen-bond acceptors (Lipinski definition) is 5. The molecule has 0 radical (unpaired) electrons. The van der Waals surface area contributed by atoms with Crippen molar-refractivity contribution in [2.75, 3.05) is 0 Å². The maximum atomic E-state index is 11.5. The Hall–Kier alpha value is -1.63. The highest BCUT2D eigenvalue weighted by Gasteiger charge is 2.27. The molecule has 7 heteroatoms. The average molecular weight is 274 g/mol. The van der Waals surface area contributed by atoms with Crippen molar-refractivity contribution in [1.82, 2.24) is 5.32 Å². The van der Waals surface area contributed by atoms with Gasteiger partial charge in [-0.25, -0.2) is 4.79 Å². The number of nitrogens with two attached hydrogens (primary N) is 1. The smallest absolute Gasteiger partial charge is 0.326 e. The summed E-state index contributed by atoms with van der Waals surface area (Å²) in [5, 5.41) is 11.2. The van der Waals surface area contributed by atoms with Gasteiger partial charge in [-0.05, 0) is 27.2 Å². The van der Waals surface area contributed by atoms with Crippen LogP contribution in [-0.2, 0) is 19.1 Å². The van der Waals surface area contributed by atoms with Crippen LogP contribution in [0, 0.1) is 0 Å². The standard InChI is InChI=1S/C12H22N2O5/c1-5-7(13)10(16)14-8(11(17)18)6-9(15)19-12(2,3)4/h7-8H,5-6,13H2,1-4H3,(H,14,16)(H,17,18)/t7-,8+/m1/s1. The summed E-state index contributed by atoms with van der Waals surface area (Å²) in [5.74, 6) is -2.59. The molecule has 0 aliphatic rings. The molecule has 0 aromatic carbocycles. The van der Waals surface area contributed by atoms with Crippen molar-refractivity contribution in [3.05, 3.63) is 0 Å². The Bertz CT molecular complexity index is 349. The van der Waals surface area contributed by atoms with Gasteiger partial charge in [-0.15, -0.1) is 0 Å². The molecule has 0 aromatic rings. The fraction of sp³-hybridized carbons (Fsp3) is 0.750. The van der Waals surface area contributed by atoms with Crippen LogP contribution in [0.2, 0.25) is 0 Å². The number of aliphatic carboxylic acids is 1. The van der Waals surface area contributed by atoms with E-state index < -0.39 is 42.0 Å². The summed E-state index contributed by atoms with van der Waals surface area (Å²) in [4.78, 5) is 34.0. The van der Waals surface area contributed by atoms with E-state index in [9.17, 15) is 14.4 Å². The van der Waals surface area contributed by atoms with Crippen LogP contribution in [0.3, 0.4) is 0 Å². The molecule has 0 aliphatic heterocycles. The van der Waals surface area contributed by atoms with Crippen molar-refractivity contribution in [3.63, 3.8) is 0 Å². The van der Waals surface area contributed by atoms with E-state index in [0.717, 1.165) is 0 Å². The molecule has 0 fully saturated rings. The van der Waals surface area contributed by atoms with E-state index >= 15 is 0 Å². The molecule has 0 heterocycles. The second-order valence-corrected chi connectivity index (χ2v) is 5.20. The van der Waals surface area contributed by atoms with Crippen LogP contribution < -0.4 is 11.1 Å². The maximum Gasteiger partial charge on any atom is 0.326 e. The van der Waals surface area contributed by atoms with E-state index in [1.54, 1.807) is 27.7 Å². The van der Waals surface area contributed by atoms with Gasteiger partial charge in [-0.3, -0.25) is 9.59 Å². The third-order valence-electron chi connectivity index (χ3n) is 2.18. The fourth-order valence-electron chi connectivity index (χ4n) is 1.21. The van der Waals surface area contributed by atoms with Gasteiger partial charge in [-0.2, -0.15) is 0 Å². The molecule has 19 heavy (non-hydrogen) atoms. The lowest BCUT2D eigenvalue weighted by Crippen LogP contribution is -2.49. The number of hydrogen-bond donors (Lipinski definition) is 3. The number of carboxylic acid groups (broad SMARTS) is 1. The van der Waals surface area contributed by atoms with E-state index in [-0.39, 0.29) is 0 Å². The molecule has 7 nitrogen and oxygen atoms in total. The summed E-state index contributed by atoms with van der Waals surface area (Å²) < 4.78 is 5.00. The topological polar surface area (TPSA) is 119 Å². The molecule has 0 saturated heterocycles. The van der Waals surface area contributed by atoms with Crippen molar-refractivity contribution in [2.24, 2.45) is 5.73 Å². The minimum Gasteiger partial charge on any atom is -0.480 e. The Morgan fingerprint density at radius 3 is 2.21 bits per heavy atom. The van der Waals surface area contributed by atoms with E-state index in [4.69, 9.17) is 15.6 Å². The molecule has 2 atom stereocenters. The lowest BCUT2D eigenvalue weighted by molar-refractivity contribution is -0.158. The van der Waals surface area contributed by atoms with Crippen LogP contribution in [0.5, 0.6) is 0 Å². The van der Waals surface area contributed by atoms with Gasteiger partial charge in [0.15, 0.2) is 0 Å². The Morgan fingerprint density at radius 2 is 1.84 bits per heavy atom. The molecule has 0 unspecified atom stereocenters. The van der Waals surface area contributed by atoms with Gasteiger partial charge in [0, 0.05) is 0 Å². The number of esters is 1. The number of ether oxygens (including phenoxy) is 1. The quantitative estimate of drug-likeness (QED) is 0.588. The molecule has 1 amide bonds. The zero-order chi connectivity index (χ0) is 15.2. The molecule has 4 N–H and O–H groups in total. The van der Waals surface area contributed by atoms with Crippen LogP contribution in [0.25, 0.3) is 0 Å². The summed E-state index contributed by atoms with van der Waals surface area (Å²) in [7, 11) is 0. The van der Waals surface area contributed by atoms with Crippen LogP contribution in [0.1, 0.15) is 40.5 Å². The van der Waals surface area contributed by atoms with Crippen LogP contribution in [0.15, 0.2) is 0 Å². The molecule has 0 rings (SSSR count). The lowest BCUT2D eigenvalue weighted by atomic mass is 10.1. The van der Waals surface area contributed by atoms with Crippen LogP contribution >= 0.6 is 0 Å². The maximum absolute atomic E-state index is 11.5. The predicted octanol–water partition coefficient (Wildman–Crippen LogP) is 0.0249. The number of amides is 1. The highest BCUT2D eigenvalue weighted by atomic mass is 16.6. The summed E-state index contributed by atoms with van der Waals surface area (Å²) in [6.45, 7) is 6.72. The Balaban J connectivity index is 4.55. The Labute approximate surface area is 112 Å². The normalized spacial score (nSPS) is 14.4. The summed E-state index contributed by atoms with van der Waals surface area (Å²) in [6, 6.07) is -2.12. The van der Waals surface area contributed by atoms with Gasteiger partial charge in [0.2, 0.25) is 5.91 Å². The van der Waals surface area contributed by atoms with Crippen molar-refractivity contribution in [3.8, 4) is 0 Å². The number of carbonyl (C=O) groups excluding carboxylic acids is 2. The van der Waals surface area contributed by atoms with Crippen molar-refractivity contribution >= 4 is 17.8 Å². The van der Waals surface area contributed by atoms with Gasteiger partial charge >= 0.3 is 11.9 Å². The zero-order valence-electron chi connectivity index (χ0n) is 11.7. The predicted molar refractivity (Wildman–Crippen MR) is 68.3 cm³/mol. The van der Waals surface area contributed by atoms with Crippen LogP contribution in [-0.4, -0.2) is 40.6 Å². The molecule has 110 valence electrons. The van der Waals surface area contributed by atoms with Gasteiger partial charge in [-0.1, -0.05) is 6.92 Å². The molecular formula is C12H22N2O5. The van der Waals surface area contributed by atoms with Crippen molar-refractivity contribution < 1.29 is 24.2 Å². The van der Waals surface area contributed by atoms with Gasteiger partial charge in [0.1, 0.15) is 11.6 Å². The molecule has 0 spiro atoms. The second kappa shape index (κ2) is 7.08. The zero-order valence-corrected chi connectivity index (χ0v) is 11.7. The number of rotatable bonds is 6. The highest BCUT2D eigenvalue weighted by molar-refractivity contribution is 5.89. The molecular weight excluding hydrogens is 252 g/mol. The first kappa shape index (κ1) is 17.4. The first-order valence-corrected chi connectivity index (χ1v) is 6.07. The minimum atomic E-state index is -1.33. The van der Waals surface area contributed by atoms with Crippen molar-refractivity contribution in [1.29, 1.82) is 0 Å². The molecule has 0 bridgehead atoms. The highest BCUT2D eigenvalue weighted by Crippen LogP contribution is 2.09. The fourth-order valence-corrected chi connectivity index (χ4v) is 1.21. The second-order valence-electron chi connectivity index (χ2n) is 5.20. The van der Waals surface area contributed by atoms with Gasteiger partial charge in [0.25, 0.3) is 0 Å².